The summed E-state index contributed by atoms with van der Waals surface area (Å²) in [7, 11) is 4.09. The van der Waals surface area contributed by atoms with Crippen LogP contribution in [0, 0.1) is 0 Å². The van der Waals surface area contributed by atoms with Crippen molar-refractivity contribution in [3.05, 3.63) is 70.6 Å². The van der Waals surface area contributed by atoms with Crippen LogP contribution in [0.1, 0.15) is 22.8 Å². The van der Waals surface area contributed by atoms with Gasteiger partial charge in [0.25, 0.3) is 0 Å². The first-order valence-electron chi connectivity index (χ1n) is 8.91. The van der Waals surface area contributed by atoms with Crippen molar-refractivity contribution in [3.63, 3.8) is 0 Å². The van der Waals surface area contributed by atoms with Crippen molar-refractivity contribution in [2.75, 3.05) is 31.7 Å². The number of hydrogen-bond donors (Lipinski definition) is 1. The van der Waals surface area contributed by atoms with Gasteiger partial charge >= 0.3 is 0 Å². The van der Waals surface area contributed by atoms with Gasteiger partial charge in [-0.05, 0) is 37.9 Å². The lowest BCUT2D eigenvalue weighted by atomic mass is 10.2. The predicted octanol–water partition coefficient (Wildman–Crippen LogP) is 5.31. The number of thioether (sulfide) groups is 1. The molecule has 1 aromatic carbocycles. The second kappa shape index (κ2) is 10.3. The lowest BCUT2D eigenvalue weighted by molar-refractivity contribution is 0.344. The Bertz CT molecular complexity index is 840. The topological polar surface area (TPSA) is 41.3 Å². The van der Waals surface area contributed by atoms with Crippen LogP contribution in [0.4, 0.5) is 5.13 Å². The third-order valence-electron chi connectivity index (χ3n) is 3.72. The fraction of sp³-hybridized carbons (Fsp3) is 0.286. The molecule has 0 aliphatic carbocycles. The maximum atomic E-state index is 5.83. The molecule has 0 fully saturated rings. The lowest BCUT2D eigenvalue weighted by Crippen LogP contribution is -2.09. The van der Waals surface area contributed by atoms with E-state index in [-0.39, 0.29) is 0 Å². The minimum absolute atomic E-state index is 0.845. The Morgan fingerprint density at radius 2 is 1.93 bits per heavy atom. The molecule has 3 rings (SSSR count). The molecule has 0 saturated heterocycles. The molecule has 0 aliphatic heterocycles. The normalized spacial score (nSPS) is 11.5. The summed E-state index contributed by atoms with van der Waals surface area (Å²) < 4.78 is 5.83. The number of nitrogens with one attached hydrogen (secondary N) is 1. The quantitative estimate of drug-likeness (QED) is 0.468. The zero-order valence-electron chi connectivity index (χ0n) is 15.7. The monoisotopic (exact) mass is 399 g/mol. The van der Waals surface area contributed by atoms with Crippen LogP contribution < -0.4 is 5.32 Å². The first-order valence-corrected chi connectivity index (χ1v) is 10.9. The van der Waals surface area contributed by atoms with Crippen molar-refractivity contribution in [2.45, 2.75) is 12.3 Å². The number of benzene rings is 1. The number of aromatic nitrogens is 1. The van der Waals surface area contributed by atoms with Crippen molar-refractivity contribution in [1.29, 1.82) is 0 Å². The summed E-state index contributed by atoms with van der Waals surface area (Å²) in [6.45, 7) is 1.74. The van der Waals surface area contributed by atoms with Crippen LogP contribution in [0.5, 0.6) is 0 Å². The molecule has 2 heterocycles. The Morgan fingerprint density at radius 3 is 2.74 bits per heavy atom. The molecule has 0 aliphatic rings. The van der Waals surface area contributed by atoms with E-state index in [1.807, 2.05) is 50.1 Å². The van der Waals surface area contributed by atoms with Gasteiger partial charge in [0.2, 0.25) is 0 Å². The van der Waals surface area contributed by atoms with Crippen LogP contribution in [0.2, 0.25) is 0 Å². The predicted molar refractivity (Wildman–Crippen MR) is 118 cm³/mol. The molecule has 3 aromatic rings. The van der Waals surface area contributed by atoms with E-state index in [2.05, 4.69) is 50.9 Å². The average Bonchev–Trinajstić information content (AvgIpc) is 3.29. The molecule has 0 spiro atoms. The molecule has 27 heavy (non-hydrogen) atoms. The van der Waals surface area contributed by atoms with Gasteiger partial charge in [-0.2, -0.15) is 11.8 Å². The fourth-order valence-electron chi connectivity index (χ4n) is 2.49. The van der Waals surface area contributed by atoms with Crippen molar-refractivity contribution < 1.29 is 4.42 Å². The Hall–Kier alpha value is -2.02. The molecule has 0 amide bonds. The number of anilines is 1. The van der Waals surface area contributed by atoms with Gasteiger partial charge in [-0.1, -0.05) is 36.4 Å². The van der Waals surface area contributed by atoms with E-state index < -0.39 is 0 Å². The van der Waals surface area contributed by atoms with Crippen LogP contribution in [0.15, 0.2) is 52.3 Å². The third-order valence-corrected chi connectivity index (χ3v) is 5.52. The Labute approximate surface area is 169 Å². The lowest BCUT2D eigenvalue weighted by Gasteiger charge is -2.05. The molecule has 1 N–H and O–H groups in total. The van der Waals surface area contributed by atoms with Crippen molar-refractivity contribution in [2.24, 2.45) is 0 Å². The summed E-state index contributed by atoms with van der Waals surface area (Å²) in [5.74, 6) is 3.98. The highest BCUT2D eigenvalue weighted by atomic mass is 32.2. The first-order chi connectivity index (χ1) is 13.2. The molecule has 0 radical (unpaired) electrons. The maximum absolute atomic E-state index is 5.83. The minimum Gasteiger partial charge on any atom is -0.464 e. The zero-order chi connectivity index (χ0) is 18.9. The first kappa shape index (κ1) is 19.7. The fourth-order valence-corrected chi connectivity index (χ4v) is 3.94. The summed E-state index contributed by atoms with van der Waals surface area (Å²) in [5, 5.41) is 6.44. The third kappa shape index (κ3) is 6.90. The second-order valence-corrected chi connectivity index (χ2v) is 8.37. The molecular formula is C21H25N3OS2. The summed E-state index contributed by atoms with van der Waals surface area (Å²) in [4.78, 5) is 6.71. The highest BCUT2D eigenvalue weighted by Crippen LogP contribution is 2.19. The Balaban J connectivity index is 1.35. The summed E-state index contributed by atoms with van der Waals surface area (Å²) >= 11 is 3.51. The summed E-state index contributed by atoms with van der Waals surface area (Å²) in [5.41, 5.74) is 2.17. The van der Waals surface area contributed by atoms with Gasteiger partial charge in [-0.3, -0.25) is 0 Å². The number of hydrogen-bond acceptors (Lipinski definition) is 6. The summed E-state index contributed by atoms with van der Waals surface area (Å²) in [6, 6.07) is 14.4. The Kier molecular flexibility index (Phi) is 7.56. The van der Waals surface area contributed by atoms with Crippen LogP contribution in [-0.2, 0) is 12.3 Å². The molecule has 0 bridgehead atoms. The van der Waals surface area contributed by atoms with E-state index in [4.69, 9.17) is 4.42 Å². The van der Waals surface area contributed by atoms with Gasteiger partial charge in [0.05, 0.1) is 18.0 Å². The van der Waals surface area contributed by atoms with E-state index >= 15 is 0 Å². The number of furan rings is 1. The van der Waals surface area contributed by atoms with Gasteiger partial charge in [0.15, 0.2) is 5.13 Å². The van der Waals surface area contributed by atoms with Crippen LogP contribution >= 0.6 is 23.1 Å². The highest BCUT2D eigenvalue weighted by molar-refractivity contribution is 7.98. The van der Waals surface area contributed by atoms with Gasteiger partial charge < -0.3 is 14.6 Å². The van der Waals surface area contributed by atoms with E-state index in [0.717, 1.165) is 46.9 Å². The molecule has 2 aromatic heterocycles. The SMILES string of the molecule is CN(C)Cc1ccc(CSCCNc2nc(C=Cc3ccccc3)cs2)o1. The van der Waals surface area contributed by atoms with E-state index in [9.17, 15) is 0 Å². The van der Waals surface area contributed by atoms with E-state index in [1.54, 1.807) is 11.3 Å². The van der Waals surface area contributed by atoms with Crippen LogP contribution in [0.3, 0.4) is 0 Å². The molecule has 0 atom stereocenters. The number of thiazole rings is 1. The molecule has 6 heteroatoms. The summed E-state index contributed by atoms with van der Waals surface area (Å²) in [6.07, 6.45) is 4.14. The molecule has 4 nitrogen and oxygen atoms in total. The van der Waals surface area contributed by atoms with E-state index in [1.165, 1.54) is 5.56 Å². The van der Waals surface area contributed by atoms with Gasteiger partial charge in [0, 0.05) is 17.7 Å². The molecule has 142 valence electrons. The maximum Gasteiger partial charge on any atom is 0.183 e. The van der Waals surface area contributed by atoms with Gasteiger partial charge in [-0.15, -0.1) is 11.3 Å². The van der Waals surface area contributed by atoms with Crippen molar-refractivity contribution >= 4 is 40.4 Å². The second-order valence-electron chi connectivity index (χ2n) is 6.41. The smallest absolute Gasteiger partial charge is 0.183 e. The number of nitrogens with zero attached hydrogens (tertiary/aromatic N) is 2. The average molecular weight is 400 g/mol. The molecule has 0 saturated carbocycles. The van der Waals surface area contributed by atoms with Crippen molar-refractivity contribution in [1.82, 2.24) is 9.88 Å². The van der Waals surface area contributed by atoms with Gasteiger partial charge in [0.1, 0.15) is 11.5 Å². The molecule has 0 unspecified atom stereocenters. The van der Waals surface area contributed by atoms with Crippen LogP contribution in [-0.4, -0.2) is 36.3 Å². The molecular weight excluding hydrogens is 374 g/mol. The van der Waals surface area contributed by atoms with Crippen molar-refractivity contribution in [3.8, 4) is 0 Å². The zero-order valence-corrected chi connectivity index (χ0v) is 17.4. The highest BCUT2D eigenvalue weighted by Gasteiger charge is 2.04. The van der Waals surface area contributed by atoms with Gasteiger partial charge in [-0.25, -0.2) is 4.98 Å². The van der Waals surface area contributed by atoms with Crippen LogP contribution in [0.25, 0.3) is 12.2 Å². The largest absolute Gasteiger partial charge is 0.464 e. The number of rotatable bonds is 10. The standard InChI is InChI=1S/C21H25N3OS2/c1-24(2)14-19-10-11-20(25-19)16-26-13-12-22-21-23-18(15-27-21)9-8-17-6-4-3-5-7-17/h3-11,15H,12-14,16H2,1-2H3,(H,22,23). The minimum atomic E-state index is 0.845. The Morgan fingerprint density at radius 1 is 1.11 bits per heavy atom. The van der Waals surface area contributed by atoms with E-state index in [0.29, 0.717) is 0 Å².